The smallest absolute Gasteiger partial charge is 0.161 e. The number of hydrogen-bond donors (Lipinski definition) is 1. The number of aliphatic hydroxyl groups is 1. The highest BCUT2D eigenvalue weighted by Gasteiger charge is 2.24. The summed E-state index contributed by atoms with van der Waals surface area (Å²) in [6, 6.07) is 5.72. The highest BCUT2D eigenvalue weighted by atomic mass is 16.5. The van der Waals surface area contributed by atoms with E-state index in [2.05, 4.69) is 18.7 Å². The Morgan fingerprint density at radius 2 is 1.82 bits per heavy atom. The first-order chi connectivity index (χ1) is 10.6. The van der Waals surface area contributed by atoms with Gasteiger partial charge in [0, 0.05) is 26.1 Å². The molecule has 122 valence electrons. The van der Waals surface area contributed by atoms with Gasteiger partial charge in [-0.05, 0) is 31.5 Å². The van der Waals surface area contributed by atoms with Crippen LogP contribution in [0.25, 0.3) is 0 Å². The third kappa shape index (κ3) is 3.72. The quantitative estimate of drug-likeness (QED) is 0.925. The van der Waals surface area contributed by atoms with E-state index >= 15 is 0 Å². The first-order valence-corrected chi connectivity index (χ1v) is 8.07. The molecule has 1 N–H and O–H groups in total. The van der Waals surface area contributed by atoms with Gasteiger partial charge in [0.15, 0.2) is 11.5 Å². The van der Waals surface area contributed by atoms with Crippen molar-refractivity contribution >= 4 is 0 Å². The van der Waals surface area contributed by atoms with Crippen LogP contribution in [0, 0.1) is 0 Å². The summed E-state index contributed by atoms with van der Waals surface area (Å²) in [5.41, 5.74) is 0.871. The number of β-amino-alcohol motifs (C(OH)–C–C–N with tert-alkyl or cyclic N) is 1. The van der Waals surface area contributed by atoms with Crippen molar-refractivity contribution in [2.45, 2.75) is 38.6 Å². The van der Waals surface area contributed by atoms with Crippen molar-refractivity contribution in [1.82, 2.24) is 4.90 Å². The summed E-state index contributed by atoms with van der Waals surface area (Å²) in [7, 11) is 0. The molecule has 1 aromatic carbocycles. The zero-order valence-corrected chi connectivity index (χ0v) is 13.3. The molecule has 0 spiro atoms. The van der Waals surface area contributed by atoms with Crippen molar-refractivity contribution < 1.29 is 19.3 Å². The molecule has 1 saturated heterocycles. The monoisotopic (exact) mass is 307 g/mol. The highest BCUT2D eigenvalue weighted by Crippen LogP contribution is 2.32. The molecule has 0 radical (unpaired) electrons. The summed E-state index contributed by atoms with van der Waals surface area (Å²) in [6.45, 7) is 7.80. The first-order valence-electron chi connectivity index (χ1n) is 8.07. The van der Waals surface area contributed by atoms with Gasteiger partial charge in [0.1, 0.15) is 0 Å². The Hall–Kier alpha value is -1.30. The van der Waals surface area contributed by atoms with E-state index in [1.807, 2.05) is 18.2 Å². The minimum atomic E-state index is -0.533. The molecule has 3 rings (SSSR count). The van der Waals surface area contributed by atoms with E-state index in [0.717, 1.165) is 36.6 Å². The lowest BCUT2D eigenvalue weighted by Crippen LogP contribution is -2.46. The molecule has 0 amide bonds. The molecule has 2 aliphatic heterocycles. The fraction of sp³-hybridized carbons (Fsp3) is 0.647. The average Bonchev–Trinajstić information content (AvgIpc) is 2.70. The van der Waals surface area contributed by atoms with Crippen molar-refractivity contribution in [1.29, 1.82) is 0 Å². The molecule has 0 saturated carbocycles. The number of nitrogens with zero attached hydrogens (tertiary/aromatic N) is 1. The van der Waals surface area contributed by atoms with Crippen molar-refractivity contribution in [3.05, 3.63) is 23.8 Å². The van der Waals surface area contributed by atoms with Crippen LogP contribution in [0.15, 0.2) is 18.2 Å². The number of fused-ring (bicyclic) bond motifs is 1. The van der Waals surface area contributed by atoms with E-state index in [1.165, 1.54) is 0 Å². The lowest BCUT2D eigenvalue weighted by molar-refractivity contribution is -0.0767. The minimum Gasteiger partial charge on any atom is -0.490 e. The maximum absolute atomic E-state index is 10.5. The van der Waals surface area contributed by atoms with Gasteiger partial charge in [-0.1, -0.05) is 6.07 Å². The molecule has 22 heavy (non-hydrogen) atoms. The summed E-state index contributed by atoms with van der Waals surface area (Å²) in [5, 5.41) is 10.5. The van der Waals surface area contributed by atoms with E-state index in [-0.39, 0.29) is 12.2 Å². The number of benzene rings is 1. The lowest BCUT2D eigenvalue weighted by Gasteiger charge is -2.36. The minimum absolute atomic E-state index is 0.208. The Morgan fingerprint density at radius 3 is 2.55 bits per heavy atom. The topological polar surface area (TPSA) is 51.2 Å². The molecule has 0 aliphatic carbocycles. The van der Waals surface area contributed by atoms with E-state index in [4.69, 9.17) is 14.2 Å². The number of aliphatic hydroxyl groups excluding tert-OH is 1. The number of hydrogen-bond acceptors (Lipinski definition) is 5. The second-order valence-corrected chi connectivity index (χ2v) is 6.25. The maximum atomic E-state index is 10.5. The van der Waals surface area contributed by atoms with Crippen molar-refractivity contribution in [2.75, 3.05) is 32.8 Å². The average molecular weight is 307 g/mol. The fourth-order valence-electron chi connectivity index (χ4n) is 3.17. The second-order valence-electron chi connectivity index (χ2n) is 6.25. The molecule has 5 nitrogen and oxygen atoms in total. The van der Waals surface area contributed by atoms with Crippen LogP contribution < -0.4 is 9.47 Å². The molecule has 2 heterocycles. The molecule has 0 bridgehead atoms. The van der Waals surface area contributed by atoms with Gasteiger partial charge in [-0.25, -0.2) is 0 Å². The normalized spacial score (nSPS) is 27.2. The van der Waals surface area contributed by atoms with Crippen LogP contribution in [0.4, 0.5) is 0 Å². The van der Waals surface area contributed by atoms with Crippen LogP contribution in [-0.2, 0) is 4.74 Å². The summed E-state index contributed by atoms with van der Waals surface area (Å²) < 4.78 is 17.1. The molecule has 1 aromatic rings. The van der Waals surface area contributed by atoms with E-state index in [9.17, 15) is 5.11 Å². The Morgan fingerprint density at radius 1 is 1.14 bits per heavy atom. The number of ether oxygens (including phenoxy) is 3. The van der Waals surface area contributed by atoms with Crippen LogP contribution >= 0.6 is 0 Å². The standard InChI is InChI=1S/C17H25NO4/c1-12-9-18(10-13(2)22-12)11-15(19)14-4-5-16-17(8-14)21-7-3-6-20-16/h4-5,8,12-13,15,19H,3,6-7,9-11H2,1-2H3. The van der Waals surface area contributed by atoms with E-state index in [0.29, 0.717) is 19.8 Å². The molecular weight excluding hydrogens is 282 g/mol. The van der Waals surface area contributed by atoms with Crippen molar-refractivity contribution in [2.24, 2.45) is 0 Å². The predicted molar refractivity (Wildman–Crippen MR) is 83.5 cm³/mol. The molecule has 1 fully saturated rings. The SMILES string of the molecule is CC1CN(CC(O)c2ccc3c(c2)OCCCO3)CC(C)O1. The molecule has 5 heteroatoms. The Bertz CT molecular complexity index is 497. The van der Waals surface area contributed by atoms with Crippen LogP contribution in [-0.4, -0.2) is 55.1 Å². The number of rotatable bonds is 3. The van der Waals surface area contributed by atoms with Gasteiger partial charge in [-0.2, -0.15) is 0 Å². The molecule has 0 aromatic heterocycles. The van der Waals surface area contributed by atoms with E-state index < -0.39 is 6.10 Å². The first kappa shape index (κ1) is 15.6. The lowest BCUT2D eigenvalue weighted by atomic mass is 10.1. The summed E-state index contributed by atoms with van der Waals surface area (Å²) in [5.74, 6) is 1.50. The zero-order chi connectivity index (χ0) is 15.5. The zero-order valence-electron chi connectivity index (χ0n) is 13.3. The fourth-order valence-corrected chi connectivity index (χ4v) is 3.17. The molecular formula is C17H25NO4. The van der Waals surface area contributed by atoms with Gasteiger partial charge in [-0.3, -0.25) is 4.90 Å². The van der Waals surface area contributed by atoms with Gasteiger partial charge < -0.3 is 19.3 Å². The van der Waals surface area contributed by atoms with E-state index in [1.54, 1.807) is 0 Å². The second kappa shape index (κ2) is 6.86. The largest absolute Gasteiger partial charge is 0.490 e. The predicted octanol–water partition coefficient (Wildman–Crippen LogP) is 1.99. The van der Waals surface area contributed by atoms with Gasteiger partial charge in [0.05, 0.1) is 31.5 Å². The van der Waals surface area contributed by atoms with Gasteiger partial charge >= 0.3 is 0 Å². The third-order valence-corrected chi connectivity index (χ3v) is 4.08. The Kier molecular flexibility index (Phi) is 4.86. The van der Waals surface area contributed by atoms with Gasteiger partial charge in [0.25, 0.3) is 0 Å². The number of morpholine rings is 1. The molecule has 3 unspecified atom stereocenters. The van der Waals surface area contributed by atoms with Crippen LogP contribution in [0.3, 0.4) is 0 Å². The highest BCUT2D eigenvalue weighted by molar-refractivity contribution is 5.44. The third-order valence-electron chi connectivity index (χ3n) is 4.08. The summed E-state index contributed by atoms with van der Waals surface area (Å²) >= 11 is 0. The van der Waals surface area contributed by atoms with Gasteiger partial charge in [0.2, 0.25) is 0 Å². The summed E-state index contributed by atoms with van der Waals surface area (Å²) in [4.78, 5) is 2.26. The molecule has 2 aliphatic rings. The summed E-state index contributed by atoms with van der Waals surface area (Å²) in [6.07, 6.45) is 0.768. The van der Waals surface area contributed by atoms with Gasteiger partial charge in [-0.15, -0.1) is 0 Å². The maximum Gasteiger partial charge on any atom is 0.161 e. The van der Waals surface area contributed by atoms with Crippen molar-refractivity contribution in [3.8, 4) is 11.5 Å². The van der Waals surface area contributed by atoms with Crippen LogP contribution in [0.1, 0.15) is 31.9 Å². The Labute approximate surface area is 131 Å². The molecule has 3 atom stereocenters. The van der Waals surface area contributed by atoms with Crippen LogP contribution in [0.5, 0.6) is 11.5 Å². The Balaban J connectivity index is 1.67. The van der Waals surface area contributed by atoms with Crippen molar-refractivity contribution in [3.63, 3.8) is 0 Å². The van der Waals surface area contributed by atoms with Crippen LogP contribution in [0.2, 0.25) is 0 Å².